The van der Waals surface area contributed by atoms with Gasteiger partial charge in [-0.1, -0.05) is 36.4 Å². The Hall–Kier alpha value is -3.70. The van der Waals surface area contributed by atoms with Crippen molar-refractivity contribution in [3.05, 3.63) is 59.7 Å². The van der Waals surface area contributed by atoms with Gasteiger partial charge in [-0.25, -0.2) is 4.79 Å². The number of imide groups is 1. The zero-order chi connectivity index (χ0) is 23.5. The van der Waals surface area contributed by atoms with Crippen molar-refractivity contribution >= 4 is 17.8 Å². The third-order valence-corrected chi connectivity index (χ3v) is 6.59. The highest BCUT2D eigenvalue weighted by Crippen LogP contribution is 2.28. The summed E-state index contributed by atoms with van der Waals surface area (Å²) in [5.41, 5.74) is 2.93. The molecule has 1 aliphatic heterocycles. The molecule has 4 amide bonds. The van der Waals surface area contributed by atoms with Crippen LogP contribution in [0.1, 0.15) is 47.7 Å². The Morgan fingerprint density at radius 3 is 2.12 bits per heavy atom. The summed E-state index contributed by atoms with van der Waals surface area (Å²) in [5.74, 6) is -0.483. The van der Waals surface area contributed by atoms with Crippen molar-refractivity contribution in [3.63, 3.8) is 0 Å². The van der Waals surface area contributed by atoms with Crippen LogP contribution in [0.3, 0.4) is 0 Å². The van der Waals surface area contributed by atoms with E-state index in [9.17, 15) is 19.5 Å². The minimum absolute atomic E-state index is 0.0303. The number of amides is 4. The highest BCUT2D eigenvalue weighted by molar-refractivity contribution is 6.04. The lowest BCUT2D eigenvalue weighted by molar-refractivity contribution is -0.122. The van der Waals surface area contributed by atoms with Gasteiger partial charge in [-0.3, -0.25) is 14.9 Å². The number of hydrogen-bond acceptors (Lipinski definition) is 5. The van der Waals surface area contributed by atoms with Gasteiger partial charge in [-0.05, 0) is 54.5 Å². The first kappa shape index (κ1) is 22.5. The molecule has 3 N–H and O–H groups in total. The van der Waals surface area contributed by atoms with Gasteiger partial charge in [0.15, 0.2) is 0 Å². The maximum Gasteiger partial charge on any atom is 0.322 e. The van der Waals surface area contributed by atoms with Gasteiger partial charge < -0.3 is 15.3 Å². The number of aliphatic hydroxyl groups is 1. The summed E-state index contributed by atoms with van der Waals surface area (Å²) in [6, 6.07) is 15.3. The SMILES string of the molecule is CN(C(=O)c1ccc(-c2ccc(C(O)C3NC(=O)NC3=O)cc2)cc1)C1CCC(C#N)CC1. The van der Waals surface area contributed by atoms with E-state index in [2.05, 4.69) is 16.7 Å². The number of nitrogens with zero attached hydrogens (tertiary/aromatic N) is 2. The largest absolute Gasteiger partial charge is 0.386 e. The number of nitrogens with one attached hydrogen (secondary N) is 2. The first-order valence-electron chi connectivity index (χ1n) is 11.0. The Kier molecular flexibility index (Phi) is 6.43. The van der Waals surface area contributed by atoms with Crippen LogP contribution in [0.5, 0.6) is 0 Å². The number of urea groups is 1. The molecular weight excluding hydrogens is 420 g/mol. The Morgan fingerprint density at radius 1 is 1.03 bits per heavy atom. The van der Waals surface area contributed by atoms with E-state index in [4.69, 9.17) is 5.26 Å². The second-order valence-electron chi connectivity index (χ2n) is 8.64. The second kappa shape index (κ2) is 9.43. The molecule has 4 rings (SSSR count). The maximum absolute atomic E-state index is 12.9. The Bertz CT molecular complexity index is 1080. The van der Waals surface area contributed by atoms with E-state index in [1.54, 1.807) is 29.2 Å². The molecule has 8 nitrogen and oxygen atoms in total. The topological polar surface area (TPSA) is 123 Å². The highest BCUT2D eigenvalue weighted by atomic mass is 16.3. The Morgan fingerprint density at radius 2 is 1.61 bits per heavy atom. The molecule has 2 unspecified atom stereocenters. The zero-order valence-electron chi connectivity index (χ0n) is 18.3. The number of rotatable bonds is 5. The van der Waals surface area contributed by atoms with Gasteiger partial charge >= 0.3 is 6.03 Å². The molecule has 33 heavy (non-hydrogen) atoms. The minimum atomic E-state index is -1.15. The summed E-state index contributed by atoms with van der Waals surface area (Å²) in [5, 5.41) is 24.0. The standard InChI is InChI=1S/C25H26N4O4/c1-29(20-12-2-15(14-26)3-13-20)24(32)19-10-6-17(7-11-19)16-4-8-18(9-5-16)22(30)21-23(31)28-25(33)27-21/h4-11,15,20-22,30H,2-3,12-13H2,1H3,(H2,27,28,31,33). The molecular formula is C25H26N4O4. The monoisotopic (exact) mass is 446 g/mol. The van der Waals surface area contributed by atoms with Crippen molar-refractivity contribution in [2.24, 2.45) is 5.92 Å². The summed E-state index contributed by atoms with van der Waals surface area (Å²) in [7, 11) is 1.82. The molecule has 2 atom stereocenters. The van der Waals surface area contributed by atoms with Gasteiger partial charge in [0.05, 0.1) is 6.07 Å². The lowest BCUT2D eigenvalue weighted by Crippen LogP contribution is -2.39. The van der Waals surface area contributed by atoms with Crippen LogP contribution in [0, 0.1) is 17.2 Å². The average Bonchev–Trinajstić information content (AvgIpc) is 3.20. The molecule has 1 saturated heterocycles. The van der Waals surface area contributed by atoms with Gasteiger partial charge in [0, 0.05) is 24.6 Å². The smallest absolute Gasteiger partial charge is 0.322 e. The van der Waals surface area contributed by atoms with Gasteiger partial charge in [-0.2, -0.15) is 5.26 Å². The van der Waals surface area contributed by atoms with E-state index in [1.807, 2.05) is 31.3 Å². The van der Waals surface area contributed by atoms with E-state index >= 15 is 0 Å². The van der Waals surface area contributed by atoms with Crippen molar-refractivity contribution in [1.82, 2.24) is 15.5 Å². The predicted molar refractivity (Wildman–Crippen MR) is 121 cm³/mol. The molecule has 0 bridgehead atoms. The van der Waals surface area contributed by atoms with E-state index < -0.39 is 24.1 Å². The van der Waals surface area contributed by atoms with E-state index in [0.717, 1.165) is 36.8 Å². The molecule has 0 radical (unpaired) electrons. The third-order valence-electron chi connectivity index (χ3n) is 6.59. The fourth-order valence-electron chi connectivity index (χ4n) is 4.49. The van der Waals surface area contributed by atoms with Crippen LogP contribution in [-0.2, 0) is 4.79 Å². The first-order chi connectivity index (χ1) is 15.9. The van der Waals surface area contributed by atoms with E-state index in [1.165, 1.54) is 0 Å². The maximum atomic E-state index is 12.9. The molecule has 2 aliphatic rings. The number of aliphatic hydroxyl groups excluding tert-OH is 1. The number of carbonyl (C=O) groups is 3. The normalized spacial score (nSPS) is 23.2. The van der Waals surface area contributed by atoms with Crippen LogP contribution in [0.25, 0.3) is 11.1 Å². The fraction of sp³-hybridized carbons (Fsp3) is 0.360. The van der Waals surface area contributed by atoms with Crippen LogP contribution < -0.4 is 10.6 Å². The average molecular weight is 447 g/mol. The Balaban J connectivity index is 1.41. The molecule has 0 aromatic heterocycles. The van der Waals surface area contributed by atoms with Crippen molar-refractivity contribution in [3.8, 4) is 17.2 Å². The van der Waals surface area contributed by atoms with Gasteiger partial charge in [0.25, 0.3) is 11.8 Å². The third kappa shape index (κ3) is 4.73. The predicted octanol–water partition coefficient (Wildman–Crippen LogP) is 2.75. The van der Waals surface area contributed by atoms with Crippen molar-refractivity contribution < 1.29 is 19.5 Å². The van der Waals surface area contributed by atoms with E-state index in [0.29, 0.717) is 11.1 Å². The van der Waals surface area contributed by atoms with Crippen LogP contribution in [-0.4, -0.2) is 47.0 Å². The minimum Gasteiger partial charge on any atom is -0.386 e. The number of nitriles is 1. The van der Waals surface area contributed by atoms with Gasteiger partial charge in [0.1, 0.15) is 12.1 Å². The van der Waals surface area contributed by atoms with Crippen LogP contribution in [0.15, 0.2) is 48.5 Å². The molecule has 2 aromatic carbocycles. The van der Waals surface area contributed by atoms with Crippen LogP contribution in [0.2, 0.25) is 0 Å². The summed E-state index contributed by atoms with van der Waals surface area (Å²) >= 11 is 0. The number of carbonyl (C=O) groups excluding carboxylic acids is 3. The van der Waals surface area contributed by atoms with E-state index in [-0.39, 0.29) is 17.9 Å². The van der Waals surface area contributed by atoms with Gasteiger partial charge in [-0.15, -0.1) is 0 Å². The fourth-order valence-corrected chi connectivity index (χ4v) is 4.49. The van der Waals surface area contributed by atoms with Crippen molar-refractivity contribution in [1.29, 1.82) is 5.26 Å². The summed E-state index contributed by atoms with van der Waals surface area (Å²) in [6.07, 6.45) is 2.22. The first-order valence-corrected chi connectivity index (χ1v) is 11.0. The molecule has 1 heterocycles. The summed E-state index contributed by atoms with van der Waals surface area (Å²) in [4.78, 5) is 37.7. The molecule has 2 aromatic rings. The quantitative estimate of drug-likeness (QED) is 0.610. The summed E-state index contributed by atoms with van der Waals surface area (Å²) < 4.78 is 0. The molecule has 1 aliphatic carbocycles. The molecule has 170 valence electrons. The molecule has 2 fully saturated rings. The Labute approximate surface area is 192 Å². The molecule has 8 heteroatoms. The number of benzene rings is 2. The van der Waals surface area contributed by atoms with Crippen LogP contribution in [0.4, 0.5) is 4.79 Å². The lowest BCUT2D eigenvalue weighted by atomic mass is 9.86. The van der Waals surface area contributed by atoms with Gasteiger partial charge in [0.2, 0.25) is 0 Å². The second-order valence-corrected chi connectivity index (χ2v) is 8.64. The lowest BCUT2D eigenvalue weighted by Gasteiger charge is -2.32. The zero-order valence-corrected chi connectivity index (χ0v) is 18.3. The van der Waals surface area contributed by atoms with Crippen LogP contribution >= 0.6 is 0 Å². The van der Waals surface area contributed by atoms with Crippen molar-refractivity contribution in [2.75, 3.05) is 7.05 Å². The number of hydrogen-bond donors (Lipinski definition) is 3. The molecule has 0 spiro atoms. The summed E-state index contributed by atoms with van der Waals surface area (Å²) in [6.45, 7) is 0. The molecule has 1 saturated carbocycles. The highest BCUT2D eigenvalue weighted by Gasteiger charge is 2.36. The van der Waals surface area contributed by atoms with Crippen molar-refractivity contribution in [2.45, 2.75) is 43.9 Å².